The molecule has 2 heterocycles. The molecular formula is C26H25Cl2NO4. The molecule has 0 bridgehead atoms. The summed E-state index contributed by atoms with van der Waals surface area (Å²) in [5.74, 6) is -0.782. The summed E-state index contributed by atoms with van der Waals surface area (Å²) in [6, 6.07) is 14.0. The van der Waals surface area contributed by atoms with Gasteiger partial charge in [0.1, 0.15) is 0 Å². The van der Waals surface area contributed by atoms with Crippen molar-refractivity contribution in [2.24, 2.45) is 5.92 Å². The quantitative estimate of drug-likeness (QED) is 0.507. The topological polar surface area (TPSA) is 63.7 Å². The van der Waals surface area contributed by atoms with Crippen LogP contribution in [0.2, 0.25) is 10.0 Å². The SMILES string of the molecule is CCC(C(=O)C1CC1)N1C(=O)C2(CC(=O)O2)CC(c2cccc(Cl)c2)C1c1ccc(Cl)cc1. The number of ether oxygens (including phenoxy) is 1. The van der Waals surface area contributed by atoms with E-state index in [9.17, 15) is 14.4 Å². The van der Waals surface area contributed by atoms with Gasteiger partial charge in [-0.1, -0.05) is 54.4 Å². The molecule has 2 aliphatic heterocycles. The predicted molar refractivity (Wildman–Crippen MR) is 125 cm³/mol. The number of amides is 1. The van der Waals surface area contributed by atoms with Crippen LogP contribution in [-0.2, 0) is 19.1 Å². The van der Waals surface area contributed by atoms with Crippen LogP contribution < -0.4 is 0 Å². The lowest BCUT2D eigenvalue weighted by atomic mass is 9.70. The van der Waals surface area contributed by atoms with Gasteiger partial charge in [-0.2, -0.15) is 0 Å². The molecule has 2 saturated heterocycles. The molecule has 1 spiro atoms. The third kappa shape index (κ3) is 3.95. The molecule has 33 heavy (non-hydrogen) atoms. The summed E-state index contributed by atoms with van der Waals surface area (Å²) in [6.07, 6.45) is 2.59. The minimum absolute atomic E-state index is 0.0000509. The van der Waals surface area contributed by atoms with E-state index in [-0.39, 0.29) is 35.9 Å². The predicted octanol–water partition coefficient (Wildman–Crippen LogP) is 5.49. The zero-order valence-electron chi connectivity index (χ0n) is 18.3. The molecule has 2 aromatic carbocycles. The van der Waals surface area contributed by atoms with E-state index >= 15 is 0 Å². The number of carbonyl (C=O) groups excluding carboxylic acids is 3. The Morgan fingerprint density at radius 1 is 1.09 bits per heavy atom. The molecule has 0 aromatic heterocycles. The van der Waals surface area contributed by atoms with Crippen molar-refractivity contribution in [3.05, 3.63) is 69.7 Å². The van der Waals surface area contributed by atoms with Crippen LogP contribution in [0.1, 0.15) is 62.1 Å². The van der Waals surface area contributed by atoms with E-state index in [1.807, 2.05) is 37.3 Å². The summed E-state index contributed by atoms with van der Waals surface area (Å²) >= 11 is 12.5. The zero-order valence-corrected chi connectivity index (χ0v) is 19.8. The second kappa shape index (κ2) is 8.44. The lowest BCUT2D eigenvalue weighted by molar-refractivity contribution is -0.212. The monoisotopic (exact) mass is 485 g/mol. The zero-order chi connectivity index (χ0) is 23.3. The van der Waals surface area contributed by atoms with Gasteiger partial charge in [-0.3, -0.25) is 14.4 Å². The fourth-order valence-corrected chi connectivity index (χ4v) is 5.71. The van der Waals surface area contributed by atoms with Gasteiger partial charge in [0, 0.05) is 28.3 Å². The highest BCUT2D eigenvalue weighted by Crippen LogP contribution is 2.53. The van der Waals surface area contributed by atoms with E-state index in [1.54, 1.807) is 23.1 Å². The van der Waals surface area contributed by atoms with Crippen molar-refractivity contribution in [1.82, 2.24) is 4.90 Å². The molecule has 4 unspecified atom stereocenters. The Balaban J connectivity index is 1.67. The Hall–Kier alpha value is -2.37. The molecule has 1 amide bonds. The number of Topliss-reactive ketones (excluding diaryl/α,β-unsaturated/α-hetero) is 1. The summed E-state index contributed by atoms with van der Waals surface area (Å²) in [4.78, 5) is 40.9. The molecule has 3 aliphatic rings. The largest absolute Gasteiger partial charge is 0.448 e. The average Bonchev–Trinajstić information content (AvgIpc) is 3.62. The average molecular weight is 486 g/mol. The van der Waals surface area contributed by atoms with E-state index in [0.717, 1.165) is 24.0 Å². The molecule has 2 aromatic rings. The van der Waals surface area contributed by atoms with Gasteiger partial charge in [0.2, 0.25) is 5.60 Å². The van der Waals surface area contributed by atoms with Crippen molar-refractivity contribution in [3.8, 4) is 0 Å². The van der Waals surface area contributed by atoms with Crippen LogP contribution in [-0.4, -0.2) is 34.2 Å². The second-order valence-electron chi connectivity index (χ2n) is 9.32. The third-order valence-electron chi connectivity index (χ3n) is 7.11. The third-order valence-corrected chi connectivity index (χ3v) is 7.60. The summed E-state index contributed by atoms with van der Waals surface area (Å²) in [5.41, 5.74) is 0.598. The standard InChI is InChI=1S/C26H25Cl2NO4/c1-2-21(24(31)16-6-7-16)29-23(15-8-10-18(27)11-9-15)20(17-4-3-5-19(28)12-17)13-26(25(29)32)14-22(30)33-26/h3-5,8-12,16,20-21,23H,2,6-7,13-14H2,1H3. The Morgan fingerprint density at radius 2 is 1.79 bits per heavy atom. The number of esters is 1. The highest BCUT2D eigenvalue weighted by molar-refractivity contribution is 6.30. The first-order valence-corrected chi connectivity index (χ1v) is 12.2. The van der Waals surface area contributed by atoms with Gasteiger partial charge in [0.05, 0.1) is 18.5 Å². The van der Waals surface area contributed by atoms with Crippen LogP contribution in [0.15, 0.2) is 48.5 Å². The minimum atomic E-state index is -1.23. The number of hydrogen-bond donors (Lipinski definition) is 0. The molecule has 1 aliphatic carbocycles. The maximum Gasteiger partial charge on any atom is 0.311 e. The minimum Gasteiger partial charge on any atom is -0.448 e. The molecule has 0 N–H and O–H groups in total. The number of likely N-dealkylation sites (tertiary alicyclic amines) is 1. The molecule has 172 valence electrons. The second-order valence-corrected chi connectivity index (χ2v) is 10.2. The van der Waals surface area contributed by atoms with Gasteiger partial charge in [0.15, 0.2) is 5.78 Å². The molecule has 1 saturated carbocycles. The van der Waals surface area contributed by atoms with E-state index in [1.165, 1.54) is 0 Å². The molecule has 0 radical (unpaired) electrons. The van der Waals surface area contributed by atoms with Crippen LogP contribution in [0.25, 0.3) is 0 Å². The molecule has 5 nitrogen and oxygen atoms in total. The van der Waals surface area contributed by atoms with E-state index in [0.29, 0.717) is 22.9 Å². The number of benzene rings is 2. The van der Waals surface area contributed by atoms with E-state index < -0.39 is 17.7 Å². The molecular weight excluding hydrogens is 461 g/mol. The smallest absolute Gasteiger partial charge is 0.311 e. The first-order chi connectivity index (χ1) is 15.8. The highest BCUT2D eigenvalue weighted by atomic mass is 35.5. The van der Waals surface area contributed by atoms with Crippen molar-refractivity contribution in [3.63, 3.8) is 0 Å². The fourth-order valence-electron chi connectivity index (χ4n) is 5.39. The normalized spacial score (nSPS) is 27.8. The molecule has 7 heteroatoms. The van der Waals surface area contributed by atoms with E-state index in [4.69, 9.17) is 27.9 Å². The fraction of sp³-hybridized carbons (Fsp3) is 0.423. The first kappa shape index (κ1) is 22.4. The molecule has 5 rings (SSSR count). The lowest BCUT2D eigenvalue weighted by Gasteiger charge is -2.54. The number of piperidine rings is 1. The van der Waals surface area contributed by atoms with Crippen LogP contribution >= 0.6 is 23.2 Å². The van der Waals surface area contributed by atoms with Crippen molar-refractivity contribution in [2.75, 3.05) is 0 Å². The van der Waals surface area contributed by atoms with Gasteiger partial charge >= 0.3 is 5.97 Å². The Kier molecular flexibility index (Phi) is 5.74. The lowest BCUT2D eigenvalue weighted by Crippen LogP contribution is -2.67. The maximum absolute atomic E-state index is 14.0. The maximum atomic E-state index is 14.0. The molecule has 3 fully saturated rings. The molecule has 4 atom stereocenters. The van der Waals surface area contributed by atoms with Crippen LogP contribution in [0.5, 0.6) is 0 Å². The van der Waals surface area contributed by atoms with Gasteiger partial charge in [-0.25, -0.2) is 0 Å². The van der Waals surface area contributed by atoms with Crippen molar-refractivity contribution in [1.29, 1.82) is 0 Å². The Bertz CT molecular complexity index is 1100. The van der Waals surface area contributed by atoms with Gasteiger partial charge in [-0.05, 0) is 54.7 Å². The van der Waals surface area contributed by atoms with Crippen molar-refractivity contribution >= 4 is 40.9 Å². The summed E-state index contributed by atoms with van der Waals surface area (Å²) in [7, 11) is 0. The summed E-state index contributed by atoms with van der Waals surface area (Å²) in [6.45, 7) is 1.93. The first-order valence-electron chi connectivity index (χ1n) is 11.4. The van der Waals surface area contributed by atoms with Gasteiger partial charge < -0.3 is 9.64 Å². The van der Waals surface area contributed by atoms with Crippen LogP contribution in [0, 0.1) is 5.92 Å². The van der Waals surface area contributed by atoms with Gasteiger partial charge in [-0.15, -0.1) is 0 Å². The summed E-state index contributed by atoms with van der Waals surface area (Å²) < 4.78 is 5.55. The highest BCUT2D eigenvalue weighted by Gasteiger charge is 2.62. The van der Waals surface area contributed by atoms with Crippen LogP contribution in [0.3, 0.4) is 0 Å². The number of halogens is 2. The van der Waals surface area contributed by atoms with Crippen LogP contribution in [0.4, 0.5) is 0 Å². The van der Waals surface area contributed by atoms with Crippen molar-refractivity contribution < 1.29 is 19.1 Å². The Morgan fingerprint density at radius 3 is 2.36 bits per heavy atom. The number of nitrogens with zero attached hydrogens (tertiary/aromatic N) is 1. The summed E-state index contributed by atoms with van der Waals surface area (Å²) in [5, 5.41) is 1.18. The van der Waals surface area contributed by atoms with Gasteiger partial charge in [0.25, 0.3) is 5.91 Å². The van der Waals surface area contributed by atoms with E-state index in [2.05, 4.69) is 0 Å². The number of rotatable bonds is 6. The number of ketones is 1. The van der Waals surface area contributed by atoms with Crippen molar-refractivity contribution in [2.45, 2.75) is 62.6 Å². The number of hydrogen-bond acceptors (Lipinski definition) is 4. The number of carbonyl (C=O) groups is 3. The Labute approximate surface area is 203 Å².